The molecule has 3 nitrogen and oxygen atoms in total. The zero-order valence-electron chi connectivity index (χ0n) is 10.3. The van der Waals surface area contributed by atoms with Gasteiger partial charge < -0.3 is 4.90 Å². The first-order valence-corrected chi connectivity index (χ1v) is 5.82. The van der Waals surface area contributed by atoms with Gasteiger partial charge in [-0.15, -0.1) is 0 Å². The summed E-state index contributed by atoms with van der Waals surface area (Å²) in [5, 5.41) is 8.68. The molecule has 1 rings (SSSR count). The molecule has 1 unspecified atom stereocenters. The maximum Gasteiger partial charge on any atom is 0.140 e. The van der Waals surface area contributed by atoms with Gasteiger partial charge in [0.25, 0.3) is 0 Å². The number of anilines is 1. The van der Waals surface area contributed by atoms with E-state index in [0.29, 0.717) is 11.6 Å². The summed E-state index contributed by atoms with van der Waals surface area (Å²) >= 11 is 0. The van der Waals surface area contributed by atoms with Gasteiger partial charge in [-0.05, 0) is 25.0 Å². The van der Waals surface area contributed by atoms with Gasteiger partial charge >= 0.3 is 0 Å². The van der Waals surface area contributed by atoms with E-state index in [0.717, 1.165) is 18.8 Å². The third-order valence-electron chi connectivity index (χ3n) is 2.84. The van der Waals surface area contributed by atoms with E-state index in [1.54, 1.807) is 12.3 Å². The van der Waals surface area contributed by atoms with E-state index >= 15 is 0 Å². The first kappa shape index (κ1) is 12.5. The number of rotatable bonds is 5. The minimum atomic E-state index is 0.475. The molecule has 1 aromatic heterocycles. The van der Waals surface area contributed by atoms with Crippen LogP contribution in [0.5, 0.6) is 0 Å². The molecular formula is C13H19N3. The van der Waals surface area contributed by atoms with Gasteiger partial charge in [-0.3, -0.25) is 0 Å². The van der Waals surface area contributed by atoms with Crippen molar-refractivity contribution in [3.63, 3.8) is 0 Å². The van der Waals surface area contributed by atoms with Gasteiger partial charge in [0.1, 0.15) is 11.8 Å². The average molecular weight is 217 g/mol. The molecule has 0 amide bonds. The lowest BCUT2D eigenvalue weighted by Crippen LogP contribution is -2.28. The van der Waals surface area contributed by atoms with Crippen LogP contribution in [0, 0.1) is 17.2 Å². The van der Waals surface area contributed by atoms with E-state index in [4.69, 9.17) is 5.26 Å². The molecule has 0 radical (unpaired) electrons. The number of nitriles is 1. The molecule has 86 valence electrons. The normalized spacial score (nSPS) is 11.9. The van der Waals surface area contributed by atoms with Gasteiger partial charge in [-0.2, -0.15) is 5.26 Å². The van der Waals surface area contributed by atoms with Crippen molar-refractivity contribution in [2.24, 2.45) is 5.92 Å². The molecular weight excluding hydrogens is 198 g/mol. The van der Waals surface area contributed by atoms with Gasteiger partial charge in [0.2, 0.25) is 0 Å². The Labute approximate surface area is 97.7 Å². The van der Waals surface area contributed by atoms with Crippen molar-refractivity contribution in [1.82, 2.24) is 4.98 Å². The van der Waals surface area contributed by atoms with Crippen LogP contribution in [-0.2, 0) is 0 Å². The fraction of sp³-hybridized carbons (Fsp3) is 0.538. The Morgan fingerprint density at radius 1 is 1.44 bits per heavy atom. The van der Waals surface area contributed by atoms with E-state index in [1.807, 2.05) is 12.1 Å². The molecule has 0 aliphatic rings. The fourth-order valence-corrected chi connectivity index (χ4v) is 1.56. The van der Waals surface area contributed by atoms with E-state index in [9.17, 15) is 0 Å². The topological polar surface area (TPSA) is 39.9 Å². The molecule has 0 bridgehead atoms. The largest absolute Gasteiger partial charge is 0.370 e. The Morgan fingerprint density at radius 2 is 2.19 bits per heavy atom. The van der Waals surface area contributed by atoms with Crippen LogP contribution in [-0.4, -0.2) is 18.1 Å². The number of hydrogen-bond acceptors (Lipinski definition) is 3. The highest BCUT2D eigenvalue weighted by Crippen LogP contribution is 2.15. The highest BCUT2D eigenvalue weighted by atomic mass is 15.1. The summed E-state index contributed by atoms with van der Waals surface area (Å²) in [5.74, 6) is 0.676. The Morgan fingerprint density at radius 3 is 2.62 bits per heavy atom. The molecule has 0 aliphatic carbocycles. The molecule has 0 saturated heterocycles. The Hall–Kier alpha value is -1.56. The predicted octanol–water partition coefficient (Wildman–Crippen LogP) is 2.83. The van der Waals surface area contributed by atoms with Crippen LogP contribution in [0.25, 0.3) is 0 Å². The summed E-state index contributed by atoms with van der Waals surface area (Å²) in [6, 6.07) is 5.78. The number of pyridine rings is 1. The summed E-state index contributed by atoms with van der Waals surface area (Å²) in [4.78, 5) is 6.39. The summed E-state index contributed by atoms with van der Waals surface area (Å²) in [6.07, 6.45) is 2.96. The van der Waals surface area contributed by atoms with Crippen LogP contribution >= 0.6 is 0 Å². The van der Waals surface area contributed by atoms with Crippen molar-refractivity contribution in [3.05, 3.63) is 24.0 Å². The molecule has 1 heterocycles. The Bertz CT molecular complexity index is 350. The van der Waals surface area contributed by atoms with Crippen molar-refractivity contribution in [2.45, 2.75) is 27.2 Å². The highest BCUT2D eigenvalue weighted by Gasteiger charge is 2.08. The van der Waals surface area contributed by atoms with Crippen molar-refractivity contribution in [3.8, 4) is 6.07 Å². The molecule has 0 N–H and O–H groups in total. The van der Waals surface area contributed by atoms with E-state index in [1.165, 1.54) is 6.42 Å². The third kappa shape index (κ3) is 3.23. The summed E-state index contributed by atoms with van der Waals surface area (Å²) < 4.78 is 0. The van der Waals surface area contributed by atoms with Gasteiger partial charge in [-0.1, -0.05) is 20.3 Å². The van der Waals surface area contributed by atoms with Crippen molar-refractivity contribution in [2.75, 3.05) is 18.0 Å². The molecule has 0 aliphatic heterocycles. The average Bonchev–Trinajstić information content (AvgIpc) is 2.35. The number of aromatic nitrogens is 1. The van der Waals surface area contributed by atoms with Crippen LogP contribution in [0.4, 0.5) is 5.69 Å². The lowest BCUT2D eigenvalue weighted by Gasteiger charge is -2.25. The van der Waals surface area contributed by atoms with Gasteiger partial charge in [-0.25, -0.2) is 4.98 Å². The van der Waals surface area contributed by atoms with E-state index < -0.39 is 0 Å². The lowest BCUT2D eigenvalue weighted by molar-refractivity contribution is 0.548. The maximum atomic E-state index is 8.68. The van der Waals surface area contributed by atoms with Crippen LogP contribution in [0.3, 0.4) is 0 Å². The van der Waals surface area contributed by atoms with Crippen molar-refractivity contribution in [1.29, 1.82) is 5.26 Å². The number of nitrogens with zero attached hydrogens (tertiary/aromatic N) is 3. The minimum Gasteiger partial charge on any atom is -0.370 e. The smallest absolute Gasteiger partial charge is 0.140 e. The molecule has 0 fully saturated rings. The zero-order chi connectivity index (χ0) is 12.0. The SMILES string of the molecule is CCC(C)CN(CC)c1ccc(C#N)nc1. The Kier molecular flexibility index (Phi) is 4.78. The van der Waals surface area contributed by atoms with Crippen LogP contribution in [0.15, 0.2) is 18.3 Å². The van der Waals surface area contributed by atoms with Crippen LogP contribution in [0.1, 0.15) is 32.9 Å². The quantitative estimate of drug-likeness (QED) is 0.761. The lowest BCUT2D eigenvalue weighted by atomic mass is 10.1. The highest BCUT2D eigenvalue weighted by molar-refractivity contribution is 5.45. The molecule has 16 heavy (non-hydrogen) atoms. The summed E-state index contributed by atoms with van der Waals surface area (Å²) in [7, 11) is 0. The van der Waals surface area contributed by atoms with Crippen LogP contribution < -0.4 is 4.90 Å². The second kappa shape index (κ2) is 6.12. The van der Waals surface area contributed by atoms with Gasteiger partial charge in [0.15, 0.2) is 0 Å². The molecule has 1 aromatic rings. The molecule has 3 heteroatoms. The molecule has 0 aromatic carbocycles. The Balaban J connectivity index is 2.75. The monoisotopic (exact) mass is 217 g/mol. The number of hydrogen-bond donors (Lipinski definition) is 0. The second-order valence-corrected chi connectivity index (χ2v) is 4.07. The first-order valence-electron chi connectivity index (χ1n) is 5.82. The molecule has 0 spiro atoms. The summed E-state index contributed by atoms with van der Waals surface area (Å²) in [6.45, 7) is 8.61. The standard InChI is InChI=1S/C13H19N3/c1-4-11(3)10-16(5-2)13-7-6-12(8-14)15-9-13/h6-7,9,11H,4-5,10H2,1-3H3. The predicted molar refractivity (Wildman–Crippen MR) is 66.3 cm³/mol. The maximum absolute atomic E-state index is 8.68. The van der Waals surface area contributed by atoms with E-state index in [-0.39, 0.29) is 0 Å². The second-order valence-electron chi connectivity index (χ2n) is 4.07. The minimum absolute atomic E-state index is 0.475. The zero-order valence-corrected chi connectivity index (χ0v) is 10.3. The van der Waals surface area contributed by atoms with Crippen molar-refractivity contribution < 1.29 is 0 Å². The third-order valence-corrected chi connectivity index (χ3v) is 2.84. The van der Waals surface area contributed by atoms with Gasteiger partial charge in [0.05, 0.1) is 11.9 Å². The fourth-order valence-electron chi connectivity index (χ4n) is 1.56. The first-order chi connectivity index (χ1) is 7.71. The van der Waals surface area contributed by atoms with Crippen molar-refractivity contribution >= 4 is 5.69 Å². The summed E-state index contributed by atoms with van der Waals surface area (Å²) in [5.41, 5.74) is 1.57. The molecule has 0 saturated carbocycles. The van der Waals surface area contributed by atoms with E-state index in [2.05, 4.69) is 30.7 Å². The van der Waals surface area contributed by atoms with Crippen LogP contribution in [0.2, 0.25) is 0 Å². The molecule has 1 atom stereocenters. The van der Waals surface area contributed by atoms with Gasteiger partial charge in [0, 0.05) is 13.1 Å².